The Morgan fingerprint density at radius 1 is 1.30 bits per heavy atom. The van der Waals surface area contributed by atoms with Gasteiger partial charge in [-0.2, -0.15) is 0 Å². The molecule has 8 nitrogen and oxygen atoms in total. The standard InChI is InChI=1S/C10H15N3O5S2/c1-13(2)10(16)11-5-6-12-20(17,18)8-4-3-7(19-8)9(14)15/h3-4,12H,5-6H2,1-2H3,(H,11,16)(H,14,15). The van der Waals surface area contributed by atoms with Gasteiger partial charge in [-0.05, 0) is 12.1 Å². The number of hydrogen-bond donors (Lipinski definition) is 3. The quantitative estimate of drug-likeness (QED) is 0.638. The molecule has 1 heterocycles. The van der Waals surface area contributed by atoms with Crippen molar-refractivity contribution in [3.05, 3.63) is 17.0 Å². The van der Waals surface area contributed by atoms with Crippen LogP contribution in [-0.2, 0) is 10.0 Å². The van der Waals surface area contributed by atoms with Crippen LogP contribution in [0.25, 0.3) is 0 Å². The number of nitrogens with zero attached hydrogens (tertiary/aromatic N) is 1. The predicted octanol–water partition coefficient (Wildman–Crippen LogP) is -0.00420. The summed E-state index contributed by atoms with van der Waals surface area (Å²) in [5.74, 6) is -1.17. The Balaban J connectivity index is 2.53. The summed E-state index contributed by atoms with van der Waals surface area (Å²) < 4.78 is 25.9. The van der Waals surface area contributed by atoms with Gasteiger partial charge < -0.3 is 15.3 Å². The van der Waals surface area contributed by atoms with E-state index in [1.807, 2.05) is 0 Å². The summed E-state index contributed by atoms with van der Waals surface area (Å²) >= 11 is 0.672. The van der Waals surface area contributed by atoms with Crippen LogP contribution in [0.15, 0.2) is 16.3 Å². The second-order valence-electron chi connectivity index (χ2n) is 3.95. The predicted molar refractivity (Wildman–Crippen MR) is 73.6 cm³/mol. The van der Waals surface area contributed by atoms with E-state index < -0.39 is 16.0 Å². The minimum absolute atomic E-state index is 0.0161. The van der Waals surface area contributed by atoms with Gasteiger partial charge in [0.25, 0.3) is 0 Å². The molecule has 0 atom stereocenters. The molecular weight excluding hydrogens is 306 g/mol. The zero-order valence-corrected chi connectivity index (χ0v) is 12.5. The molecule has 112 valence electrons. The van der Waals surface area contributed by atoms with Crippen molar-refractivity contribution in [3.63, 3.8) is 0 Å². The molecule has 20 heavy (non-hydrogen) atoms. The summed E-state index contributed by atoms with van der Waals surface area (Å²) in [7, 11) is -0.615. The Bertz CT molecular complexity index is 594. The number of hydrogen-bond acceptors (Lipinski definition) is 5. The molecule has 0 aliphatic rings. The first-order chi connectivity index (χ1) is 9.24. The Morgan fingerprint density at radius 3 is 2.45 bits per heavy atom. The highest BCUT2D eigenvalue weighted by atomic mass is 32.2. The van der Waals surface area contributed by atoms with E-state index in [0.717, 1.165) is 0 Å². The Labute approximate surface area is 120 Å². The zero-order valence-electron chi connectivity index (χ0n) is 10.9. The van der Waals surface area contributed by atoms with Crippen molar-refractivity contribution in [1.82, 2.24) is 14.9 Å². The first kappa shape index (κ1) is 16.4. The van der Waals surface area contributed by atoms with Gasteiger partial charge in [-0.15, -0.1) is 11.3 Å². The summed E-state index contributed by atoms with van der Waals surface area (Å²) in [6, 6.07) is 2.14. The molecule has 1 rings (SSSR count). The lowest BCUT2D eigenvalue weighted by Gasteiger charge is -2.12. The van der Waals surface area contributed by atoms with Crippen LogP contribution < -0.4 is 10.0 Å². The number of urea groups is 1. The van der Waals surface area contributed by atoms with Crippen molar-refractivity contribution >= 4 is 33.4 Å². The van der Waals surface area contributed by atoms with Crippen LogP contribution in [0, 0.1) is 0 Å². The van der Waals surface area contributed by atoms with Gasteiger partial charge in [-0.25, -0.2) is 22.7 Å². The third kappa shape index (κ3) is 4.47. The van der Waals surface area contributed by atoms with E-state index in [9.17, 15) is 18.0 Å². The lowest BCUT2D eigenvalue weighted by molar-refractivity contribution is 0.0702. The molecule has 0 fully saturated rings. The number of amides is 2. The minimum Gasteiger partial charge on any atom is -0.477 e. The summed E-state index contributed by atoms with van der Waals surface area (Å²) in [6.07, 6.45) is 0. The summed E-state index contributed by atoms with van der Waals surface area (Å²) in [4.78, 5) is 23.1. The Hall–Kier alpha value is -1.65. The molecular formula is C10H15N3O5S2. The lowest BCUT2D eigenvalue weighted by Crippen LogP contribution is -2.39. The van der Waals surface area contributed by atoms with Crippen LogP contribution in [0.4, 0.5) is 4.79 Å². The first-order valence-electron chi connectivity index (χ1n) is 5.52. The number of nitrogens with one attached hydrogen (secondary N) is 2. The van der Waals surface area contributed by atoms with Crippen molar-refractivity contribution < 1.29 is 23.1 Å². The maximum absolute atomic E-state index is 11.8. The zero-order chi connectivity index (χ0) is 15.3. The number of sulfonamides is 1. The van der Waals surface area contributed by atoms with Gasteiger partial charge in [-0.3, -0.25) is 0 Å². The van der Waals surface area contributed by atoms with E-state index >= 15 is 0 Å². The van der Waals surface area contributed by atoms with Crippen LogP contribution in [0.2, 0.25) is 0 Å². The summed E-state index contributed by atoms with van der Waals surface area (Å²) in [5.41, 5.74) is 0. The van der Waals surface area contributed by atoms with E-state index in [4.69, 9.17) is 5.11 Å². The second-order valence-corrected chi connectivity index (χ2v) is 7.03. The van der Waals surface area contributed by atoms with E-state index in [-0.39, 0.29) is 28.2 Å². The highest BCUT2D eigenvalue weighted by molar-refractivity contribution is 7.91. The summed E-state index contributed by atoms with van der Waals surface area (Å²) in [6.45, 7) is 0.148. The van der Waals surface area contributed by atoms with Crippen LogP contribution >= 0.6 is 11.3 Å². The number of rotatable bonds is 6. The largest absolute Gasteiger partial charge is 0.477 e. The normalized spacial score (nSPS) is 11.1. The third-order valence-corrected chi connectivity index (χ3v) is 5.18. The van der Waals surface area contributed by atoms with Gasteiger partial charge in [0.2, 0.25) is 10.0 Å². The molecule has 0 aliphatic heterocycles. The van der Waals surface area contributed by atoms with Gasteiger partial charge in [0, 0.05) is 27.2 Å². The highest BCUT2D eigenvalue weighted by Crippen LogP contribution is 2.21. The third-order valence-electron chi connectivity index (χ3n) is 2.16. The SMILES string of the molecule is CN(C)C(=O)NCCNS(=O)(=O)c1ccc(C(=O)O)s1. The fraction of sp³-hybridized carbons (Fsp3) is 0.400. The van der Waals surface area contributed by atoms with Gasteiger partial charge in [-0.1, -0.05) is 0 Å². The van der Waals surface area contributed by atoms with Crippen molar-refractivity contribution in [1.29, 1.82) is 0 Å². The highest BCUT2D eigenvalue weighted by Gasteiger charge is 2.18. The molecule has 0 spiro atoms. The Kier molecular flexibility index (Phi) is 5.48. The molecule has 0 saturated heterocycles. The topological polar surface area (TPSA) is 116 Å². The lowest BCUT2D eigenvalue weighted by atomic mass is 10.5. The van der Waals surface area contributed by atoms with Crippen LogP contribution in [-0.4, -0.2) is 57.6 Å². The first-order valence-corrected chi connectivity index (χ1v) is 7.82. The maximum atomic E-state index is 11.8. The van der Waals surface area contributed by atoms with Crippen molar-refractivity contribution in [2.24, 2.45) is 0 Å². The summed E-state index contributed by atoms with van der Waals surface area (Å²) in [5, 5.41) is 11.2. The van der Waals surface area contributed by atoms with Gasteiger partial charge in [0.1, 0.15) is 9.09 Å². The van der Waals surface area contributed by atoms with E-state index in [0.29, 0.717) is 11.3 Å². The smallest absolute Gasteiger partial charge is 0.345 e. The molecule has 0 aromatic carbocycles. The molecule has 0 aliphatic carbocycles. The second kappa shape index (κ2) is 6.68. The van der Waals surface area contributed by atoms with Crippen molar-refractivity contribution in [2.45, 2.75) is 4.21 Å². The van der Waals surface area contributed by atoms with Crippen LogP contribution in [0.3, 0.4) is 0 Å². The van der Waals surface area contributed by atoms with Crippen molar-refractivity contribution in [2.75, 3.05) is 27.2 Å². The number of carboxylic acids is 1. The number of aromatic carboxylic acids is 1. The van der Waals surface area contributed by atoms with Crippen LogP contribution in [0.5, 0.6) is 0 Å². The Morgan fingerprint density at radius 2 is 1.95 bits per heavy atom. The molecule has 2 amide bonds. The fourth-order valence-corrected chi connectivity index (χ4v) is 3.39. The molecule has 0 radical (unpaired) electrons. The molecule has 1 aromatic heterocycles. The molecule has 10 heteroatoms. The monoisotopic (exact) mass is 321 g/mol. The number of carbonyl (C=O) groups excluding carboxylic acids is 1. The number of thiophene rings is 1. The van der Waals surface area contributed by atoms with Gasteiger partial charge >= 0.3 is 12.0 Å². The number of carboxylic acid groups (broad SMARTS) is 1. The van der Waals surface area contributed by atoms with Crippen LogP contribution in [0.1, 0.15) is 9.67 Å². The molecule has 0 unspecified atom stereocenters. The van der Waals surface area contributed by atoms with E-state index in [2.05, 4.69) is 10.0 Å². The van der Waals surface area contributed by atoms with Gasteiger partial charge in [0.15, 0.2) is 0 Å². The maximum Gasteiger partial charge on any atom is 0.345 e. The molecule has 0 bridgehead atoms. The van der Waals surface area contributed by atoms with E-state index in [1.54, 1.807) is 14.1 Å². The minimum atomic E-state index is -3.75. The molecule has 1 aromatic rings. The fourth-order valence-electron chi connectivity index (χ4n) is 1.16. The molecule has 0 saturated carbocycles. The average Bonchev–Trinajstić information content (AvgIpc) is 2.84. The molecule has 3 N–H and O–H groups in total. The van der Waals surface area contributed by atoms with Gasteiger partial charge in [0.05, 0.1) is 0 Å². The van der Waals surface area contributed by atoms with E-state index in [1.165, 1.54) is 17.0 Å². The number of carbonyl (C=O) groups is 2. The van der Waals surface area contributed by atoms with Crippen molar-refractivity contribution in [3.8, 4) is 0 Å². The average molecular weight is 321 g/mol.